The summed E-state index contributed by atoms with van der Waals surface area (Å²) in [6.07, 6.45) is 4.79. The molecule has 1 saturated heterocycles. The number of nitrogens with one attached hydrogen (secondary N) is 1. The molecule has 1 heterocycles. The van der Waals surface area contributed by atoms with Gasteiger partial charge in [0.05, 0.1) is 19.3 Å². The molecular formula is C16H30N2O3. The third-order valence-electron chi connectivity index (χ3n) is 5.07. The van der Waals surface area contributed by atoms with Gasteiger partial charge in [-0.05, 0) is 53.5 Å². The number of rotatable bonds is 6. The van der Waals surface area contributed by atoms with E-state index in [9.17, 15) is 4.79 Å². The van der Waals surface area contributed by atoms with Gasteiger partial charge in [-0.2, -0.15) is 0 Å². The molecule has 0 radical (unpaired) electrons. The third kappa shape index (κ3) is 3.58. The Bertz CT molecular complexity index is 363. The predicted octanol–water partition coefficient (Wildman–Crippen LogP) is 1.56. The number of carbonyl (C=O) groups is 1. The number of hydrogen-bond donors (Lipinski definition) is 1. The van der Waals surface area contributed by atoms with Crippen molar-refractivity contribution in [3.8, 4) is 0 Å². The average molecular weight is 298 g/mol. The lowest BCUT2D eigenvalue weighted by atomic mass is 9.91. The summed E-state index contributed by atoms with van der Waals surface area (Å²) in [5, 5.41) is 3.16. The van der Waals surface area contributed by atoms with Crippen LogP contribution >= 0.6 is 0 Å². The smallest absolute Gasteiger partial charge is 0.326 e. The van der Waals surface area contributed by atoms with E-state index in [0.717, 1.165) is 19.6 Å². The number of nitrogens with zero attached hydrogens (tertiary/aromatic N) is 1. The van der Waals surface area contributed by atoms with E-state index < -0.39 is 5.54 Å². The van der Waals surface area contributed by atoms with Crippen LogP contribution in [0.2, 0.25) is 0 Å². The number of likely N-dealkylation sites (N-methyl/N-ethyl adjacent to an activating group) is 1. The highest BCUT2D eigenvalue weighted by molar-refractivity contribution is 5.80. The van der Waals surface area contributed by atoms with E-state index in [-0.39, 0.29) is 5.97 Å². The average Bonchev–Trinajstić information content (AvgIpc) is 2.95. The second-order valence-electron chi connectivity index (χ2n) is 6.50. The molecule has 5 heteroatoms. The lowest BCUT2D eigenvalue weighted by molar-refractivity contribution is -0.151. The number of esters is 1. The van der Waals surface area contributed by atoms with Gasteiger partial charge in [-0.15, -0.1) is 0 Å². The van der Waals surface area contributed by atoms with Gasteiger partial charge in [-0.3, -0.25) is 9.69 Å². The Kier molecular flexibility index (Phi) is 5.63. The first-order valence-electron chi connectivity index (χ1n) is 8.25. The van der Waals surface area contributed by atoms with Gasteiger partial charge in [0.15, 0.2) is 0 Å². The predicted molar refractivity (Wildman–Crippen MR) is 82.3 cm³/mol. The molecule has 122 valence electrons. The van der Waals surface area contributed by atoms with Crippen molar-refractivity contribution >= 4 is 5.97 Å². The molecule has 2 rings (SSSR count). The van der Waals surface area contributed by atoms with Gasteiger partial charge in [-0.25, -0.2) is 0 Å². The minimum atomic E-state index is -0.623. The van der Waals surface area contributed by atoms with Gasteiger partial charge in [0, 0.05) is 18.6 Å². The number of morpholine rings is 1. The Morgan fingerprint density at radius 2 is 2.29 bits per heavy atom. The zero-order chi connectivity index (χ0) is 15.5. The van der Waals surface area contributed by atoms with E-state index in [1.54, 1.807) is 0 Å². The van der Waals surface area contributed by atoms with E-state index in [4.69, 9.17) is 9.47 Å². The Morgan fingerprint density at radius 1 is 1.52 bits per heavy atom. The molecule has 2 aliphatic rings. The number of carbonyl (C=O) groups excluding carboxylic acids is 1. The molecule has 21 heavy (non-hydrogen) atoms. The van der Waals surface area contributed by atoms with Gasteiger partial charge in [0.1, 0.15) is 5.54 Å². The molecule has 0 aromatic carbocycles. The molecule has 2 fully saturated rings. The van der Waals surface area contributed by atoms with Gasteiger partial charge >= 0.3 is 5.97 Å². The SMILES string of the molecule is CCOC(=O)C(C)(CC(C)N1CCOC2CCCC21)NC. The van der Waals surface area contributed by atoms with E-state index in [2.05, 4.69) is 17.1 Å². The Labute approximate surface area is 128 Å². The molecule has 0 aromatic heterocycles. The Morgan fingerprint density at radius 3 is 2.95 bits per heavy atom. The van der Waals surface area contributed by atoms with Crippen LogP contribution < -0.4 is 5.32 Å². The molecule has 0 spiro atoms. The van der Waals surface area contributed by atoms with Crippen LogP contribution in [0.25, 0.3) is 0 Å². The summed E-state index contributed by atoms with van der Waals surface area (Å²) in [6, 6.07) is 0.860. The van der Waals surface area contributed by atoms with Gasteiger partial charge < -0.3 is 14.8 Å². The summed E-state index contributed by atoms with van der Waals surface area (Å²) in [7, 11) is 1.83. The highest BCUT2D eigenvalue weighted by Crippen LogP contribution is 2.32. The third-order valence-corrected chi connectivity index (χ3v) is 5.07. The van der Waals surface area contributed by atoms with Crippen LogP contribution in [0.1, 0.15) is 46.5 Å². The number of ether oxygens (including phenoxy) is 2. The van der Waals surface area contributed by atoms with Crippen LogP contribution in [0.5, 0.6) is 0 Å². The quantitative estimate of drug-likeness (QED) is 0.754. The zero-order valence-corrected chi connectivity index (χ0v) is 13.9. The van der Waals surface area contributed by atoms with Crippen molar-refractivity contribution in [2.45, 2.75) is 70.2 Å². The maximum atomic E-state index is 12.2. The van der Waals surface area contributed by atoms with Gasteiger partial charge in [0.2, 0.25) is 0 Å². The van der Waals surface area contributed by atoms with E-state index >= 15 is 0 Å². The molecule has 1 aliphatic carbocycles. The molecule has 1 N–H and O–H groups in total. The number of fused-ring (bicyclic) bond motifs is 1. The van der Waals surface area contributed by atoms with Crippen molar-refractivity contribution in [1.82, 2.24) is 10.2 Å². The highest BCUT2D eigenvalue weighted by Gasteiger charge is 2.41. The summed E-state index contributed by atoms with van der Waals surface area (Å²) in [6.45, 7) is 8.20. The molecule has 1 saturated carbocycles. The first kappa shape index (κ1) is 16.7. The Balaban J connectivity index is 2.01. The van der Waals surface area contributed by atoms with Crippen molar-refractivity contribution in [2.75, 3.05) is 26.8 Å². The van der Waals surface area contributed by atoms with Crippen LogP contribution in [-0.4, -0.2) is 61.4 Å². The molecule has 0 aromatic rings. The standard InChI is InChI=1S/C16H30N2O3/c1-5-20-15(19)16(3,17-4)11-12(2)18-9-10-21-14-8-6-7-13(14)18/h12-14,17H,5-11H2,1-4H3. The fourth-order valence-electron chi connectivity index (χ4n) is 3.79. The van der Waals surface area contributed by atoms with Crippen LogP contribution in [0, 0.1) is 0 Å². The van der Waals surface area contributed by atoms with Crippen molar-refractivity contribution in [2.24, 2.45) is 0 Å². The van der Waals surface area contributed by atoms with Crippen molar-refractivity contribution in [3.05, 3.63) is 0 Å². The molecule has 4 atom stereocenters. The van der Waals surface area contributed by atoms with Crippen LogP contribution in [-0.2, 0) is 14.3 Å². The van der Waals surface area contributed by atoms with Crippen LogP contribution in [0.4, 0.5) is 0 Å². The van der Waals surface area contributed by atoms with Crippen LogP contribution in [0.3, 0.4) is 0 Å². The summed E-state index contributed by atoms with van der Waals surface area (Å²) in [5.41, 5.74) is -0.623. The lowest BCUT2D eigenvalue weighted by Gasteiger charge is -2.43. The minimum absolute atomic E-state index is 0.157. The van der Waals surface area contributed by atoms with Gasteiger partial charge in [-0.1, -0.05) is 0 Å². The van der Waals surface area contributed by atoms with Crippen molar-refractivity contribution < 1.29 is 14.3 Å². The summed E-state index contributed by atoms with van der Waals surface area (Å²) in [4.78, 5) is 14.8. The minimum Gasteiger partial charge on any atom is -0.465 e. The second kappa shape index (κ2) is 7.07. The van der Waals surface area contributed by atoms with Crippen molar-refractivity contribution in [3.63, 3.8) is 0 Å². The fraction of sp³-hybridized carbons (Fsp3) is 0.938. The lowest BCUT2D eigenvalue weighted by Crippen LogP contribution is -2.57. The highest BCUT2D eigenvalue weighted by atomic mass is 16.5. The fourth-order valence-corrected chi connectivity index (χ4v) is 3.79. The first-order chi connectivity index (χ1) is 10.0. The molecular weight excluding hydrogens is 268 g/mol. The summed E-state index contributed by atoms with van der Waals surface area (Å²) in [5.74, 6) is -0.157. The van der Waals surface area contributed by atoms with Crippen molar-refractivity contribution in [1.29, 1.82) is 0 Å². The molecule has 0 bridgehead atoms. The molecule has 5 nitrogen and oxygen atoms in total. The normalized spacial score (nSPS) is 30.5. The van der Waals surface area contributed by atoms with Crippen LogP contribution in [0.15, 0.2) is 0 Å². The van der Waals surface area contributed by atoms with E-state index in [1.165, 1.54) is 19.3 Å². The summed E-state index contributed by atoms with van der Waals surface area (Å²) >= 11 is 0. The molecule has 4 unspecified atom stereocenters. The zero-order valence-electron chi connectivity index (χ0n) is 13.9. The monoisotopic (exact) mass is 298 g/mol. The topological polar surface area (TPSA) is 50.8 Å². The first-order valence-corrected chi connectivity index (χ1v) is 8.25. The number of hydrogen-bond acceptors (Lipinski definition) is 5. The largest absolute Gasteiger partial charge is 0.465 e. The van der Waals surface area contributed by atoms with Gasteiger partial charge in [0.25, 0.3) is 0 Å². The second-order valence-corrected chi connectivity index (χ2v) is 6.50. The van der Waals surface area contributed by atoms with E-state index in [1.807, 2.05) is 20.9 Å². The summed E-state index contributed by atoms with van der Waals surface area (Å²) < 4.78 is 11.1. The maximum Gasteiger partial charge on any atom is 0.326 e. The van der Waals surface area contributed by atoms with E-state index in [0.29, 0.717) is 24.8 Å². The maximum absolute atomic E-state index is 12.2. The molecule has 0 amide bonds. The molecule has 1 aliphatic heterocycles. The Hall–Kier alpha value is -0.650.